The van der Waals surface area contributed by atoms with Gasteiger partial charge in [-0.1, -0.05) is 11.6 Å². The molecule has 6 heteroatoms. The van der Waals surface area contributed by atoms with Crippen LogP contribution in [0.25, 0.3) is 0 Å². The van der Waals surface area contributed by atoms with Gasteiger partial charge in [0, 0.05) is 11.6 Å². The average Bonchev–Trinajstić information content (AvgIpc) is 2.24. The van der Waals surface area contributed by atoms with Crippen LogP contribution >= 0.6 is 11.6 Å². The highest BCUT2D eigenvalue weighted by Crippen LogP contribution is 2.20. The van der Waals surface area contributed by atoms with Gasteiger partial charge in [0.25, 0.3) is 0 Å². The number of carbonyl (C=O) groups excluding carboxylic acids is 1. The van der Waals surface area contributed by atoms with E-state index >= 15 is 0 Å². The minimum Gasteiger partial charge on any atom is -0.358 e. The molecule has 0 saturated heterocycles. The van der Waals surface area contributed by atoms with Crippen molar-refractivity contribution in [1.29, 1.82) is 0 Å². The third kappa shape index (κ3) is 3.84. The number of halogens is 1. The fourth-order valence-corrected chi connectivity index (χ4v) is 1.63. The lowest BCUT2D eigenvalue weighted by Crippen LogP contribution is -2.41. The van der Waals surface area contributed by atoms with E-state index in [9.17, 15) is 4.79 Å². The van der Waals surface area contributed by atoms with E-state index in [1.807, 2.05) is 20.8 Å². The Morgan fingerprint density at radius 3 is 2.39 bits per heavy atom. The molecule has 0 bridgehead atoms. The predicted octanol–water partition coefficient (Wildman–Crippen LogP) is 2.07. The first kappa shape index (κ1) is 14.7. The molecule has 0 aliphatic carbocycles. The van der Waals surface area contributed by atoms with Crippen LogP contribution in [0.1, 0.15) is 32.2 Å². The Morgan fingerprint density at radius 1 is 1.22 bits per heavy atom. The summed E-state index contributed by atoms with van der Waals surface area (Å²) >= 11 is 5.97. The zero-order valence-electron chi connectivity index (χ0n) is 11.3. The molecule has 1 unspecified atom stereocenters. The van der Waals surface area contributed by atoms with E-state index < -0.39 is 0 Å². The number of nitrogens with one attached hydrogen (secondary N) is 2. The van der Waals surface area contributed by atoms with Gasteiger partial charge in [0.15, 0.2) is 0 Å². The zero-order valence-corrected chi connectivity index (χ0v) is 12.1. The average molecular weight is 271 g/mol. The van der Waals surface area contributed by atoms with Gasteiger partial charge < -0.3 is 10.6 Å². The molecule has 2 N–H and O–H groups in total. The van der Waals surface area contributed by atoms with Crippen molar-refractivity contribution in [2.24, 2.45) is 0 Å². The van der Waals surface area contributed by atoms with Gasteiger partial charge in [-0.3, -0.25) is 4.79 Å². The summed E-state index contributed by atoms with van der Waals surface area (Å²) in [5.74, 6) is 1.10. The van der Waals surface area contributed by atoms with Crippen molar-refractivity contribution in [2.75, 3.05) is 5.32 Å². The van der Waals surface area contributed by atoms with Crippen LogP contribution in [0.4, 0.5) is 5.82 Å². The molecule has 1 amide bonds. The van der Waals surface area contributed by atoms with Crippen LogP contribution in [0, 0.1) is 13.8 Å². The molecule has 0 aliphatic rings. The molecular formula is C12H19ClN4O. The first-order valence-corrected chi connectivity index (χ1v) is 6.26. The molecular weight excluding hydrogens is 252 g/mol. The van der Waals surface area contributed by atoms with Gasteiger partial charge in [-0.25, -0.2) is 9.97 Å². The first-order chi connectivity index (χ1) is 8.31. The molecule has 1 atom stereocenters. The summed E-state index contributed by atoms with van der Waals surface area (Å²) in [5, 5.41) is 6.29. The van der Waals surface area contributed by atoms with Crippen molar-refractivity contribution in [3.05, 3.63) is 16.5 Å². The van der Waals surface area contributed by atoms with Crippen molar-refractivity contribution in [2.45, 2.75) is 46.7 Å². The second kappa shape index (κ2) is 6.00. The minimum absolute atomic E-state index is 0.0724. The van der Waals surface area contributed by atoms with Crippen LogP contribution in [-0.2, 0) is 4.79 Å². The van der Waals surface area contributed by atoms with Crippen molar-refractivity contribution in [3.63, 3.8) is 0 Å². The number of aromatic nitrogens is 2. The Labute approximate surface area is 112 Å². The van der Waals surface area contributed by atoms with Crippen molar-refractivity contribution in [1.82, 2.24) is 15.3 Å². The number of hydrogen-bond acceptors (Lipinski definition) is 4. The number of aryl methyl sites for hydroxylation is 1. The van der Waals surface area contributed by atoms with Crippen LogP contribution in [0.2, 0.25) is 5.15 Å². The molecule has 1 rings (SSSR count). The molecule has 0 fully saturated rings. The van der Waals surface area contributed by atoms with Gasteiger partial charge in [-0.15, -0.1) is 0 Å². The predicted molar refractivity (Wildman–Crippen MR) is 72.9 cm³/mol. The van der Waals surface area contributed by atoms with Crippen LogP contribution in [-0.4, -0.2) is 28.0 Å². The number of rotatable bonds is 4. The summed E-state index contributed by atoms with van der Waals surface area (Å²) in [4.78, 5) is 20.1. The van der Waals surface area contributed by atoms with Gasteiger partial charge >= 0.3 is 0 Å². The van der Waals surface area contributed by atoms with Crippen LogP contribution in [0.3, 0.4) is 0 Å². The lowest BCUT2D eigenvalue weighted by molar-refractivity contribution is -0.122. The monoisotopic (exact) mass is 270 g/mol. The second-order valence-electron chi connectivity index (χ2n) is 4.56. The van der Waals surface area contributed by atoms with Crippen LogP contribution < -0.4 is 10.6 Å². The Bertz CT molecular complexity index is 448. The van der Waals surface area contributed by atoms with Crippen molar-refractivity contribution < 1.29 is 4.79 Å². The SMILES string of the molecule is Cc1nc(Cl)c(C)c(NC(C)C(=O)NC(C)C)n1. The highest BCUT2D eigenvalue weighted by molar-refractivity contribution is 6.30. The highest BCUT2D eigenvalue weighted by Gasteiger charge is 2.16. The topological polar surface area (TPSA) is 66.9 Å². The lowest BCUT2D eigenvalue weighted by Gasteiger charge is -2.18. The summed E-state index contributed by atoms with van der Waals surface area (Å²) in [5.41, 5.74) is 0.742. The van der Waals surface area contributed by atoms with E-state index in [2.05, 4.69) is 20.6 Å². The maximum absolute atomic E-state index is 11.8. The van der Waals surface area contributed by atoms with Gasteiger partial charge in [-0.2, -0.15) is 0 Å². The Balaban J connectivity index is 2.81. The molecule has 0 spiro atoms. The normalized spacial score (nSPS) is 12.4. The number of nitrogens with zero attached hydrogens (tertiary/aromatic N) is 2. The Morgan fingerprint density at radius 2 is 1.83 bits per heavy atom. The quantitative estimate of drug-likeness (QED) is 0.822. The summed E-state index contributed by atoms with van der Waals surface area (Å²) in [7, 11) is 0. The molecule has 100 valence electrons. The fourth-order valence-electron chi connectivity index (χ4n) is 1.41. The van der Waals surface area contributed by atoms with Crippen molar-refractivity contribution in [3.8, 4) is 0 Å². The van der Waals surface area contributed by atoms with Crippen LogP contribution in [0.5, 0.6) is 0 Å². The maximum atomic E-state index is 11.8. The second-order valence-corrected chi connectivity index (χ2v) is 4.92. The van der Waals surface area contributed by atoms with E-state index in [0.717, 1.165) is 5.56 Å². The molecule has 0 aliphatic heterocycles. The molecule has 1 aromatic rings. The molecule has 18 heavy (non-hydrogen) atoms. The third-order valence-corrected chi connectivity index (χ3v) is 2.74. The summed E-state index contributed by atoms with van der Waals surface area (Å²) in [6, 6.07) is -0.268. The van der Waals surface area contributed by atoms with E-state index in [1.165, 1.54) is 0 Å². The Hall–Kier alpha value is -1.36. The molecule has 1 heterocycles. The third-order valence-electron chi connectivity index (χ3n) is 2.38. The lowest BCUT2D eigenvalue weighted by atomic mass is 10.2. The maximum Gasteiger partial charge on any atom is 0.242 e. The smallest absolute Gasteiger partial charge is 0.242 e. The summed E-state index contributed by atoms with van der Waals surface area (Å²) < 4.78 is 0. The molecule has 0 saturated carbocycles. The van der Waals surface area contributed by atoms with Crippen molar-refractivity contribution >= 4 is 23.3 Å². The number of anilines is 1. The van der Waals surface area contributed by atoms with Gasteiger partial charge in [-0.05, 0) is 34.6 Å². The molecule has 0 radical (unpaired) electrons. The van der Waals surface area contributed by atoms with Crippen LogP contribution in [0.15, 0.2) is 0 Å². The van der Waals surface area contributed by atoms with E-state index in [0.29, 0.717) is 16.8 Å². The van der Waals surface area contributed by atoms with E-state index in [1.54, 1.807) is 13.8 Å². The largest absolute Gasteiger partial charge is 0.358 e. The zero-order chi connectivity index (χ0) is 13.9. The molecule has 1 aromatic heterocycles. The Kier molecular flexibility index (Phi) is 4.90. The fraction of sp³-hybridized carbons (Fsp3) is 0.583. The summed E-state index contributed by atoms with van der Waals surface area (Å²) in [6.45, 7) is 9.19. The van der Waals surface area contributed by atoms with Gasteiger partial charge in [0.2, 0.25) is 5.91 Å². The standard InChI is InChI=1S/C12H19ClN4O/c1-6(2)14-12(18)8(4)15-11-7(3)10(13)16-9(5)17-11/h6,8H,1-5H3,(H,14,18)(H,15,16,17). The number of carbonyl (C=O) groups is 1. The number of hydrogen-bond donors (Lipinski definition) is 2. The number of amides is 1. The van der Waals surface area contributed by atoms with Gasteiger partial charge in [0.05, 0.1) is 0 Å². The van der Waals surface area contributed by atoms with Gasteiger partial charge in [0.1, 0.15) is 22.8 Å². The first-order valence-electron chi connectivity index (χ1n) is 5.89. The minimum atomic E-state index is -0.378. The summed E-state index contributed by atoms with van der Waals surface area (Å²) in [6.07, 6.45) is 0. The molecule has 5 nitrogen and oxygen atoms in total. The molecule has 0 aromatic carbocycles. The van der Waals surface area contributed by atoms with E-state index in [-0.39, 0.29) is 18.0 Å². The van der Waals surface area contributed by atoms with E-state index in [4.69, 9.17) is 11.6 Å². The highest BCUT2D eigenvalue weighted by atomic mass is 35.5.